The highest BCUT2D eigenvalue weighted by molar-refractivity contribution is 7.20. The van der Waals surface area contributed by atoms with Gasteiger partial charge >= 0.3 is 5.97 Å². The van der Waals surface area contributed by atoms with Gasteiger partial charge in [-0.3, -0.25) is 4.79 Å². The van der Waals surface area contributed by atoms with Crippen molar-refractivity contribution >= 4 is 33.3 Å². The average Bonchev–Trinajstić information content (AvgIpc) is 2.71. The maximum absolute atomic E-state index is 13.0. The third-order valence-electron chi connectivity index (χ3n) is 2.36. The first-order valence-corrected chi connectivity index (χ1v) is 5.98. The summed E-state index contributed by atoms with van der Waals surface area (Å²) >= 11 is 1.17. The molecule has 6 heteroatoms. The van der Waals surface area contributed by atoms with E-state index in [0.717, 1.165) is 4.70 Å². The number of hydrogen-bond donors (Lipinski definition) is 1. The second-order valence-electron chi connectivity index (χ2n) is 3.74. The second-order valence-corrected chi connectivity index (χ2v) is 4.83. The van der Waals surface area contributed by atoms with Crippen LogP contribution in [0.3, 0.4) is 0 Å². The van der Waals surface area contributed by atoms with Crippen LogP contribution < -0.4 is 5.73 Å². The first-order valence-electron chi connectivity index (χ1n) is 5.17. The van der Waals surface area contributed by atoms with Crippen LogP contribution >= 0.6 is 11.3 Å². The van der Waals surface area contributed by atoms with Crippen molar-refractivity contribution < 1.29 is 18.7 Å². The Balaban J connectivity index is 2.26. The molecule has 4 nitrogen and oxygen atoms in total. The van der Waals surface area contributed by atoms with Crippen molar-refractivity contribution in [3.05, 3.63) is 35.0 Å². The zero-order valence-corrected chi connectivity index (χ0v) is 10.3. The summed E-state index contributed by atoms with van der Waals surface area (Å²) in [6, 6.07) is 5.77. The number of carbonyl (C=O) groups excluding carboxylic acids is 2. The van der Waals surface area contributed by atoms with Gasteiger partial charge in [0.15, 0.2) is 6.10 Å². The lowest BCUT2D eigenvalue weighted by Crippen LogP contribution is -2.30. The first kappa shape index (κ1) is 12.5. The number of benzene rings is 1. The fraction of sp³-hybridized carbons (Fsp3) is 0.167. The molecule has 2 rings (SSSR count). The molecule has 1 heterocycles. The van der Waals surface area contributed by atoms with Crippen molar-refractivity contribution in [2.24, 2.45) is 5.73 Å². The molecule has 0 unspecified atom stereocenters. The van der Waals surface area contributed by atoms with E-state index in [2.05, 4.69) is 0 Å². The largest absolute Gasteiger partial charge is 0.448 e. The number of fused-ring (bicyclic) bond motifs is 1. The van der Waals surface area contributed by atoms with Crippen LogP contribution in [0.25, 0.3) is 10.1 Å². The molecule has 18 heavy (non-hydrogen) atoms. The summed E-state index contributed by atoms with van der Waals surface area (Å²) in [7, 11) is 0. The Hall–Kier alpha value is -1.95. The maximum Gasteiger partial charge on any atom is 0.349 e. The van der Waals surface area contributed by atoms with E-state index in [1.165, 1.54) is 36.5 Å². The normalized spacial score (nSPS) is 12.3. The Morgan fingerprint density at radius 3 is 2.78 bits per heavy atom. The van der Waals surface area contributed by atoms with Gasteiger partial charge in [0.25, 0.3) is 5.91 Å². The summed E-state index contributed by atoms with van der Waals surface area (Å²) < 4.78 is 18.6. The fourth-order valence-corrected chi connectivity index (χ4v) is 2.32. The molecule has 1 atom stereocenters. The molecule has 0 saturated carbocycles. The molecule has 0 aliphatic rings. The molecule has 2 N–H and O–H groups in total. The minimum absolute atomic E-state index is 0.309. The quantitative estimate of drug-likeness (QED) is 0.865. The zero-order chi connectivity index (χ0) is 13.3. The van der Waals surface area contributed by atoms with E-state index in [0.29, 0.717) is 10.3 Å². The summed E-state index contributed by atoms with van der Waals surface area (Å²) in [4.78, 5) is 22.8. The van der Waals surface area contributed by atoms with Crippen LogP contribution in [0.2, 0.25) is 0 Å². The van der Waals surface area contributed by atoms with Gasteiger partial charge in [0.2, 0.25) is 0 Å². The molecule has 0 radical (unpaired) electrons. The molecule has 0 spiro atoms. The third-order valence-corrected chi connectivity index (χ3v) is 3.46. The Labute approximate surface area is 106 Å². The smallest absolute Gasteiger partial charge is 0.349 e. The summed E-state index contributed by atoms with van der Waals surface area (Å²) in [5.41, 5.74) is 4.99. The van der Waals surface area contributed by atoms with Crippen LogP contribution in [-0.2, 0) is 9.53 Å². The maximum atomic E-state index is 13.0. The Kier molecular flexibility index (Phi) is 3.29. The molecule has 0 aliphatic carbocycles. The van der Waals surface area contributed by atoms with Gasteiger partial charge in [-0.1, -0.05) is 0 Å². The lowest BCUT2D eigenvalue weighted by molar-refractivity contribution is -0.125. The van der Waals surface area contributed by atoms with Crippen LogP contribution in [0.15, 0.2) is 24.3 Å². The van der Waals surface area contributed by atoms with Gasteiger partial charge in [-0.05, 0) is 36.6 Å². The fourth-order valence-electron chi connectivity index (χ4n) is 1.39. The highest BCUT2D eigenvalue weighted by Gasteiger charge is 2.18. The van der Waals surface area contributed by atoms with Gasteiger partial charge < -0.3 is 10.5 Å². The molecular weight excluding hydrogens is 257 g/mol. The van der Waals surface area contributed by atoms with E-state index in [1.54, 1.807) is 6.07 Å². The van der Waals surface area contributed by atoms with E-state index in [1.807, 2.05) is 0 Å². The number of thiophene rings is 1. The lowest BCUT2D eigenvalue weighted by atomic mass is 10.2. The molecule has 2 aromatic rings. The van der Waals surface area contributed by atoms with Crippen LogP contribution in [0.1, 0.15) is 16.6 Å². The second kappa shape index (κ2) is 4.73. The number of amides is 1. The van der Waals surface area contributed by atoms with Crippen LogP contribution in [0.4, 0.5) is 4.39 Å². The van der Waals surface area contributed by atoms with Crippen LogP contribution in [0.5, 0.6) is 0 Å². The van der Waals surface area contributed by atoms with Gasteiger partial charge in [-0.2, -0.15) is 0 Å². The predicted molar refractivity (Wildman–Crippen MR) is 65.9 cm³/mol. The highest BCUT2D eigenvalue weighted by Crippen LogP contribution is 2.27. The minimum atomic E-state index is -0.987. The number of ether oxygens (including phenoxy) is 1. The Morgan fingerprint density at radius 2 is 2.11 bits per heavy atom. The third kappa shape index (κ3) is 2.48. The zero-order valence-electron chi connectivity index (χ0n) is 9.48. The lowest BCUT2D eigenvalue weighted by Gasteiger charge is -2.07. The summed E-state index contributed by atoms with van der Waals surface area (Å²) in [5, 5.41) is 0.624. The molecule has 0 aliphatic heterocycles. The van der Waals surface area contributed by atoms with E-state index < -0.39 is 18.0 Å². The van der Waals surface area contributed by atoms with E-state index in [9.17, 15) is 14.0 Å². The number of halogens is 1. The van der Waals surface area contributed by atoms with Gasteiger partial charge in [0, 0.05) is 4.70 Å². The molecule has 1 amide bonds. The van der Waals surface area contributed by atoms with Crippen molar-refractivity contribution in [3.8, 4) is 0 Å². The summed E-state index contributed by atoms with van der Waals surface area (Å²) in [6.07, 6.45) is -0.987. The number of nitrogens with two attached hydrogens (primary N) is 1. The van der Waals surface area contributed by atoms with Crippen molar-refractivity contribution in [1.29, 1.82) is 0 Å². The summed E-state index contributed by atoms with van der Waals surface area (Å²) in [5.74, 6) is -1.72. The average molecular weight is 267 g/mol. The molecule has 0 fully saturated rings. The Morgan fingerprint density at radius 1 is 1.39 bits per heavy atom. The van der Waals surface area contributed by atoms with Crippen molar-refractivity contribution in [2.75, 3.05) is 0 Å². The number of rotatable bonds is 3. The molecule has 1 aromatic carbocycles. The molecule has 1 aromatic heterocycles. The number of hydrogen-bond acceptors (Lipinski definition) is 4. The minimum Gasteiger partial charge on any atom is -0.448 e. The van der Waals surface area contributed by atoms with E-state index >= 15 is 0 Å². The van der Waals surface area contributed by atoms with Crippen molar-refractivity contribution in [2.45, 2.75) is 13.0 Å². The standard InChI is InChI=1S/C12H10FNO3S/c1-6(11(14)15)17-12(16)10-5-7-4-8(13)2-3-9(7)18-10/h2-6H,1H3,(H2,14,15)/t6-/m0/s1. The van der Waals surface area contributed by atoms with Crippen LogP contribution in [-0.4, -0.2) is 18.0 Å². The van der Waals surface area contributed by atoms with E-state index in [4.69, 9.17) is 10.5 Å². The highest BCUT2D eigenvalue weighted by atomic mass is 32.1. The van der Waals surface area contributed by atoms with Crippen molar-refractivity contribution in [3.63, 3.8) is 0 Å². The first-order chi connectivity index (χ1) is 8.47. The topological polar surface area (TPSA) is 69.4 Å². The summed E-state index contributed by atoms with van der Waals surface area (Å²) in [6.45, 7) is 1.40. The number of primary amides is 1. The van der Waals surface area contributed by atoms with Gasteiger partial charge in [-0.15, -0.1) is 11.3 Å². The van der Waals surface area contributed by atoms with Crippen LogP contribution in [0, 0.1) is 5.82 Å². The van der Waals surface area contributed by atoms with Crippen molar-refractivity contribution in [1.82, 2.24) is 0 Å². The molecule has 0 bridgehead atoms. The number of carbonyl (C=O) groups is 2. The molecule has 0 saturated heterocycles. The Bertz CT molecular complexity index is 623. The van der Waals surface area contributed by atoms with Gasteiger partial charge in [-0.25, -0.2) is 9.18 Å². The predicted octanol–water partition coefficient (Wildman–Crippen LogP) is 2.07. The van der Waals surface area contributed by atoms with Gasteiger partial charge in [0.05, 0.1) is 0 Å². The molecule has 94 valence electrons. The molecular formula is C12H10FNO3S. The SMILES string of the molecule is C[C@H](OC(=O)c1cc2cc(F)ccc2s1)C(N)=O. The number of esters is 1. The van der Waals surface area contributed by atoms with E-state index in [-0.39, 0.29) is 5.82 Å². The monoisotopic (exact) mass is 267 g/mol. The van der Waals surface area contributed by atoms with Gasteiger partial charge in [0.1, 0.15) is 10.7 Å².